The number of benzene rings is 2. The maximum absolute atomic E-state index is 11.7. The fourth-order valence-corrected chi connectivity index (χ4v) is 2.13. The summed E-state index contributed by atoms with van der Waals surface area (Å²) in [7, 11) is 0. The van der Waals surface area contributed by atoms with Crippen molar-refractivity contribution in [2.24, 2.45) is 0 Å². The maximum atomic E-state index is 11.7. The van der Waals surface area contributed by atoms with E-state index in [0.29, 0.717) is 23.1 Å². The predicted octanol–water partition coefficient (Wildman–Crippen LogP) is 3.69. The van der Waals surface area contributed by atoms with Crippen molar-refractivity contribution in [2.45, 2.75) is 13.3 Å². The SMILES string of the molecule is CCOc1ccc(OCCC(=O)OCC(=O)Nc2ccc(Cl)cc2)cc1. The number of carbonyl (C=O) groups excluding carboxylic acids is 2. The van der Waals surface area contributed by atoms with E-state index in [1.165, 1.54) is 0 Å². The Morgan fingerprint density at radius 2 is 1.58 bits per heavy atom. The van der Waals surface area contributed by atoms with Crippen LogP contribution in [-0.2, 0) is 14.3 Å². The van der Waals surface area contributed by atoms with E-state index in [0.717, 1.165) is 5.75 Å². The molecule has 2 aromatic carbocycles. The molecule has 0 aliphatic rings. The van der Waals surface area contributed by atoms with Gasteiger partial charge in [-0.3, -0.25) is 9.59 Å². The third-order valence-corrected chi connectivity index (χ3v) is 3.45. The van der Waals surface area contributed by atoms with Crippen LogP contribution >= 0.6 is 11.6 Å². The molecule has 0 aliphatic heterocycles. The van der Waals surface area contributed by atoms with Gasteiger partial charge in [0.2, 0.25) is 0 Å². The zero-order valence-electron chi connectivity index (χ0n) is 14.4. The Labute approximate surface area is 157 Å². The molecule has 7 heteroatoms. The molecule has 0 unspecified atom stereocenters. The lowest BCUT2D eigenvalue weighted by molar-refractivity contribution is -0.147. The van der Waals surface area contributed by atoms with Crippen molar-refractivity contribution in [3.8, 4) is 11.5 Å². The van der Waals surface area contributed by atoms with Crippen LogP contribution in [0, 0.1) is 0 Å². The lowest BCUT2D eigenvalue weighted by atomic mass is 10.3. The van der Waals surface area contributed by atoms with Crippen molar-refractivity contribution in [1.29, 1.82) is 0 Å². The van der Waals surface area contributed by atoms with Gasteiger partial charge in [-0.1, -0.05) is 11.6 Å². The summed E-state index contributed by atoms with van der Waals surface area (Å²) in [6.07, 6.45) is 0.0431. The van der Waals surface area contributed by atoms with Crippen LogP contribution in [0.3, 0.4) is 0 Å². The Morgan fingerprint density at radius 1 is 0.962 bits per heavy atom. The zero-order valence-corrected chi connectivity index (χ0v) is 15.1. The van der Waals surface area contributed by atoms with Crippen LogP contribution in [0.5, 0.6) is 11.5 Å². The smallest absolute Gasteiger partial charge is 0.309 e. The van der Waals surface area contributed by atoms with Gasteiger partial charge in [0.25, 0.3) is 5.91 Å². The summed E-state index contributed by atoms with van der Waals surface area (Å²) in [4.78, 5) is 23.4. The molecule has 0 bridgehead atoms. The summed E-state index contributed by atoms with van der Waals surface area (Å²) in [6, 6.07) is 13.7. The van der Waals surface area contributed by atoms with E-state index in [1.807, 2.05) is 6.92 Å². The normalized spacial score (nSPS) is 10.1. The lowest BCUT2D eigenvalue weighted by Crippen LogP contribution is -2.21. The van der Waals surface area contributed by atoms with Gasteiger partial charge in [-0.05, 0) is 55.5 Å². The van der Waals surface area contributed by atoms with E-state index in [9.17, 15) is 9.59 Å². The quantitative estimate of drug-likeness (QED) is 0.674. The molecule has 0 aromatic heterocycles. The monoisotopic (exact) mass is 377 g/mol. The van der Waals surface area contributed by atoms with Crippen molar-refractivity contribution < 1.29 is 23.8 Å². The highest BCUT2D eigenvalue weighted by Gasteiger charge is 2.08. The van der Waals surface area contributed by atoms with Crippen LogP contribution in [0.1, 0.15) is 13.3 Å². The first-order chi connectivity index (χ1) is 12.6. The second-order valence-corrected chi connectivity index (χ2v) is 5.66. The number of amides is 1. The highest BCUT2D eigenvalue weighted by Crippen LogP contribution is 2.17. The molecule has 0 aliphatic carbocycles. The zero-order chi connectivity index (χ0) is 18.8. The second kappa shape index (κ2) is 10.3. The second-order valence-electron chi connectivity index (χ2n) is 5.22. The lowest BCUT2D eigenvalue weighted by Gasteiger charge is -2.08. The molecule has 2 aromatic rings. The number of anilines is 1. The third-order valence-electron chi connectivity index (χ3n) is 3.20. The van der Waals surface area contributed by atoms with Gasteiger partial charge in [0, 0.05) is 10.7 Å². The van der Waals surface area contributed by atoms with Crippen molar-refractivity contribution in [1.82, 2.24) is 0 Å². The molecule has 0 spiro atoms. The highest BCUT2D eigenvalue weighted by molar-refractivity contribution is 6.30. The first-order valence-corrected chi connectivity index (χ1v) is 8.51. The summed E-state index contributed by atoms with van der Waals surface area (Å²) in [5.74, 6) is 0.447. The van der Waals surface area contributed by atoms with Gasteiger partial charge in [0.15, 0.2) is 6.61 Å². The number of hydrogen-bond donors (Lipinski definition) is 1. The summed E-state index contributed by atoms with van der Waals surface area (Å²) in [5, 5.41) is 3.18. The van der Waals surface area contributed by atoms with E-state index >= 15 is 0 Å². The molecule has 6 nitrogen and oxygen atoms in total. The standard InChI is InChI=1S/C19H20ClNO5/c1-2-24-16-7-9-17(10-8-16)25-12-11-19(23)26-13-18(22)21-15-5-3-14(20)4-6-15/h3-10H,2,11-13H2,1H3,(H,21,22). The largest absolute Gasteiger partial charge is 0.494 e. The molecule has 0 saturated heterocycles. The summed E-state index contributed by atoms with van der Waals surface area (Å²) in [5.41, 5.74) is 0.578. The van der Waals surface area contributed by atoms with E-state index in [1.54, 1.807) is 48.5 Å². The van der Waals surface area contributed by atoms with E-state index in [-0.39, 0.29) is 19.6 Å². The van der Waals surface area contributed by atoms with Gasteiger partial charge in [-0.2, -0.15) is 0 Å². The van der Waals surface area contributed by atoms with Crippen LogP contribution in [0.25, 0.3) is 0 Å². The summed E-state index contributed by atoms with van der Waals surface area (Å²) < 4.78 is 15.7. The summed E-state index contributed by atoms with van der Waals surface area (Å²) >= 11 is 5.77. The average Bonchev–Trinajstić information content (AvgIpc) is 2.64. The number of halogens is 1. The number of nitrogens with one attached hydrogen (secondary N) is 1. The number of carbonyl (C=O) groups is 2. The Kier molecular flexibility index (Phi) is 7.76. The molecule has 0 atom stereocenters. The van der Waals surface area contributed by atoms with Gasteiger partial charge >= 0.3 is 5.97 Å². The van der Waals surface area contributed by atoms with E-state index in [2.05, 4.69) is 5.32 Å². The minimum Gasteiger partial charge on any atom is -0.494 e. The van der Waals surface area contributed by atoms with Crippen LogP contribution in [0.4, 0.5) is 5.69 Å². The molecule has 0 radical (unpaired) electrons. The number of rotatable bonds is 9. The number of ether oxygens (including phenoxy) is 3. The minimum atomic E-state index is -0.512. The average molecular weight is 378 g/mol. The van der Waals surface area contributed by atoms with Crippen LogP contribution in [-0.4, -0.2) is 31.7 Å². The van der Waals surface area contributed by atoms with E-state index in [4.69, 9.17) is 25.8 Å². The van der Waals surface area contributed by atoms with Crippen molar-refractivity contribution >= 4 is 29.2 Å². The van der Waals surface area contributed by atoms with Gasteiger partial charge in [-0.15, -0.1) is 0 Å². The Hall–Kier alpha value is -2.73. The first-order valence-electron chi connectivity index (χ1n) is 8.13. The molecule has 1 amide bonds. The molecular formula is C19H20ClNO5. The third kappa shape index (κ3) is 7.03. The van der Waals surface area contributed by atoms with Gasteiger partial charge < -0.3 is 19.5 Å². The molecule has 0 saturated carbocycles. The van der Waals surface area contributed by atoms with E-state index < -0.39 is 11.9 Å². The molecule has 26 heavy (non-hydrogen) atoms. The van der Waals surface area contributed by atoms with Gasteiger partial charge in [0.05, 0.1) is 19.6 Å². The maximum Gasteiger partial charge on any atom is 0.309 e. The molecule has 138 valence electrons. The molecule has 2 rings (SSSR count). The fourth-order valence-electron chi connectivity index (χ4n) is 2.00. The van der Waals surface area contributed by atoms with Crippen molar-refractivity contribution in [3.63, 3.8) is 0 Å². The molecular weight excluding hydrogens is 358 g/mol. The number of esters is 1. The van der Waals surface area contributed by atoms with Crippen molar-refractivity contribution in [3.05, 3.63) is 53.6 Å². The molecule has 0 heterocycles. The highest BCUT2D eigenvalue weighted by atomic mass is 35.5. The minimum absolute atomic E-state index is 0.0431. The molecule has 0 fully saturated rings. The molecule has 1 N–H and O–H groups in total. The Balaban J connectivity index is 1.63. The summed E-state index contributed by atoms with van der Waals surface area (Å²) in [6.45, 7) is 2.31. The Bertz CT molecular complexity index is 716. The van der Waals surface area contributed by atoms with Crippen LogP contribution in [0.15, 0.2) is 48.5 Å². The predicted molar refractivity (Wildman–Crippen MR) is 98.8 cm³/mol. The Morgan fingerprint density at radius 3 is 2.19 bits per heavy atom. The van der Waals surface area contributed by atoms with Gasteiger partial charge in [-0.25, -0.2) is 0 Å². The van der Waals surface area contributed by atoms with Gasteiger partial charge in [0.1, 0.15) is 11.5 Å². The van der Waals surface area contributed by atoms with Crippen LogP contribution in [0.2, 0.25) is 5.02 Å². The number of hydrogen-bond acceptors (Lipinski definition) is 5. The fraction of sp³-hybridized carbons (Fsp3) is 0.263. The topological polar surface area (TPSA) is 73.9 Å². The van der Waals surface area contributed by atoms with Crippen LogP contribution < -0.4 is 14.8 Å². The first kappa shape index (κ1) is 19.6. The van der Waals surface area contributed by atoms with Crippen molar-refractivity contribution in [2.75, 3.05) is 25.1 Å².